The van der Waals surface area contributed by atoms with Crippen LogP contribution in [-0.4, -0.2) is 41.3 Å². The maximum atomic E-state index is 11.9. The van der Waals surface area contributed by atoms with Crippen molar-refractivity contribution >= 4 is 11.9 Å². The molecule has 0 fully saturated rings. The molecule has 0 bridgehead atoms. The van der Waals surface area contributed by atoms with Crippen molar-refractivity contribution in [3.63, 3.8) is 0 Å². The zero-order chi connectivity index (χ0) is 28.7. The molecule has 2 rings (SSSR count). The van der Waals surface area contributed by atoms with Gasteiger partial charge in [0.05, 0.1) is 17.3 Å². The number of carbonyl (C=O) groups is 2. The highest BCUT2D eigenvalue weighted by atomic mass is 16.4. The van der Waals surface area contributed by atoms with Crippen LogP contribution >= 0.6 is 0 Å². The number of carbonyl (C=O) groups excluding carboxylic acids is 1. The molecule has 0 heterocycles. The molecule has 1 amide bonds. The first-order valence-corrected chi connectivity index (χ1v) is 14.6. The number of fused-ring (bicyclic) bond motifs is 1. The smallest absolute Gasteiger partial charge is 0.309 e. The third-order valence-electron chi connectivity index (χ3n) is 8.14. The lowest BCUT2D eigenvalue weighted by Crippen LogP contribution is -2.29. The standard InChI is InChI=1S/C25H43N3O2.C6H12O2/c1-18-9-13-24-21(17-18)11-10-19(2)23(24)14-12-22(29)7-6-8-25(30)28-16-5-4-15-27-20(3)26;1-4-6(2,3)5(7)8/h10-11,17-19,22-24,27,29H,3-9,12-16,26H2,1-2H3,(H,28,30);4H2,1-3H3,(H,7,8)/t18-,19?,22?,23?,24?;/m1./s1. The molecule has 0 spiro atoms. The van der Waals surface area contributed by atoms with Gasteiger partial charge >= 0.3 is 5.97 Å². The van der Waals surface area contributed by atoms with Gasteiger partial charge in [-0.2, -0.15) is 0 Å². The van der Waals surface area contributed by atoms with Crippen LogP contribution < -0.4 is 16.4 Å². The normalized spacial score (nSPS) is 23.3. The molecule has 218 valence electrons. The van der Waals surface area contributed by atoms with Gasteiger partial charge in [0.25, 0.3) is 0 Å². The minimum atomic E-state index is -0.722. The first-order valence-electron chi connectivity index (χ1n) is 14.6. The second-order valence-corrected chi connectivity index (χ2v) is 11.9. The van der Waals surface area contributed by atoms with Crippen LogP contribution in [0, 0.1) is 29.1 Å². The zero-order valence-corrected chi connectivity index (χ0v) is 24.6. The lowest BCUT2D eigenvalue weighted by molar-refractivity contribution is -0.147. The Hall–Kier alpha value is -2.28. The van der Waals surface area contributed by atoms with Crippen molar-refractivity contribution in [2.24, 2.45) is 34.8 Å². The highest BCUT2D eigenvalue weighted by Crippen LogP contribution is 2.43. The average Bonchev–Trinajstić information content (AvgIpc) is 2.85. The third kappa shape index (κ3) is 13.0. The number of rotatable bonds is 15. The minimum absolute atomic E-state index is 0.0792. The van der Waals surface area contributed by atoms with Crippen LogP contribution in [0.3, 0.4) is 0 Å². The van der Waals surface area contributed by atoms with Gasteiger partial charge < -0.3 is 26.6 Å². The van der Waals surface area contributed by atoms with E-state index in [-0.39, 0.29) is 12.0 Å². The molecule has 0 aromatic carbocycles. The third-order valence-corrected chi connectivity index (χ3v) is 8.14. The van der Waals surface area contributed by atoms with Gasteiger partial charge in [-0.1, -0.05) is 45.6 Å². The summed E-state index contributed by atoms with van der Waals surface area (Å²) in [6, 6.07) is 0. The number of nitrogens with two attached hydrogens (primary N) is 1. The molecule has 0 saturated heterocycles. The van der Waals surface area contributed by atoms with Gasteiger partial charge in [-0.05, 0) is 101 Å². The average molecular weight is 534 g/mol. The maximum absolute atomic E-state index is 11.9. The summed E-state index contributed by atoms with van der Waals surface area (Å²) >= 11 is 0. The van der Waals surface area contributed by atoms with E-state index in [0.29, 0.717) is 55.3 Å². The van der Waals surface area contributed by atoms with Crippen LogP contribution in [-0.2, 0) is 9.59 Å². The number of carboxylic acid groups (broad SMARTS) is 1. The van der Waals surface area contributed by atoms with Gasteiger partial charge in [-0.3, -0.25) is 9.59 Å². The molecule has 2 aliphatic carbocycles. The summed E-state index contributed by atoms with van der Waals surface area (Å²) in [5, 5.41) is 24.8. The van der Waals surface area contributed by atoms with E-state index in [9.17, 15) is 14.7 Å². The Balaban J connectivity index is 0.000000781. The summed E-state index contributed by atoms with van der Waals surface area (Å²) < 4.78 is 0. The highest BCUT2D eigenvalue weighted by molar-refractivity contribution is 5.75. The van der Waals surface area contributed by atoms with E-state index < -0.39 is 11.4 Å². The Morgan fingerprint density at radius 1 is 1.13 bits per heavy atom. The lowest BCUT2D eigenvalue weighted by Gasteiger charge is -2.38. The summed E-state index contributed by atoms with van der Waals surface area (Å²) in [6.07, 6.45) is 15.8. The number of aliphatic hydroxyl groups excluding tert-OH is 1. The number of amides is 1. The number of allylic oxidation sites excluding steroid dienone is 4. The molecule has 0 aromatic rings. The molecule has 0 aliphatic heterocycles. The van der Waals surface area contributed by atoms with Crippen molar-refractivity contribution in [1.82, 2.24) is 10.6 Å². The molecular formula is C31H55N3O4. The first kappa shape index (κ1) is 33.7. The minimum Gasteiger partial charge on any atom is -0.481 e. The van der Waals surface area contributed by atoms with Crippen molar-refractivity contribution in [2.45, 2.75) is 105 Å². The number of carboxylic acids is 1. The number of hydrogen-bond acceptors (Lipinski definition) is 5. The van der Waals surface area contributed by atoms with Crippen LogP contribution in [0.5, 0.6) is 0 Å². The van der Waals surface area contributed by atoms with Crippen LogP contribution in [0.15, 0.2) is 36.2 Å². The van der Waals surface area contributed by atoms with Gasteiger partial charge in [0.1, 0.15) is 0 Å². The number of nitrogens with one attached hydrogen (secondary N) is 2. The largest absolute Gasteiger partial charge is 0.481 e. The van der Waals surface area contributed by atoms with Crippen molar-refractivity contribution < 1.29 is 19.8 Å². The summed E-state index contributed by atoms with van der Waals surface area (Å²) in [6.45, 7) is 15.0. The van der Waals surface area contributed by atoms with Crippen LogP contribution in [0.2, 0.25) is 0 Å². The van der Waals surface area contributed by atoms with Gasteiger partial charge in [-0.25, -0.2) is 0 Å². The molecule has 0 aromatic heterocycles. The Bertz CT molecular complexity index is 805. The number of hydrogen-bond donors (Lipinski definition) is 5. The molecule has 0 radical (unpaired) electrons. The Morgan fingerprint density at radius 2 is 1.79 bits per heavy atom. The Labute approximate surface area is 231 Å². The van der Waals surface area contributed by atoms with Crippen molar-refractivity contribution in [2.75, 3.05) is 13.1 Å². The maximum Gasteiger partial charge on any atom is 0.309 e. The van der Waals surface area contributed by atoms with E-state index in [0.717, 1.165) is 38.6 Å². The molecule has 38 heavy (non-hydrogen) atoms. The van der Waals surface area contributed by atoms with Crippen molar-refractivity contribution in [3.8, 4) is 0 Å². The van der Waals surface area contributed by atoms with E-state index in [1.165, 1.54) is 18.4 Å². The van der Waals surface area contributed by atoms with E-state index in [1.807, 2.05) is 6.92 Å². The molecule has 0 saturated carbocycles. The molecule has 7 heteroatoms. The summed E-state index contributed by atoms with van der Waals surface area (Å²) in [5.74, 6) is 2.41. The van der Waals surface area contributed by atoms with Crippen LogP contribution in [0.4, 0.5) is 0 Å². The van der Waals surface area contributed by atoms with E-state index in [1.54, 1.807) is 13.8 Å². The van der Waals surface area contributed by atoms with Gasteiger partial charge in [0.2, 0.25) is 5.91 Å². The van der Waals surface area contributed by atoms with Crippen LogP contribution in [0.25, 0.3) is 0 Å². The summed E-state index contributed by atoms with van der Waals surface area (Å²) in [4.78, 5) is 22.2. The quantitative estimate of drug-likeness (QED) is 0.177. The molecular weight excluding hydrogens is 478 g/mol. The molecule has 7 nitrogen and oxygen atoms in total. The molecule has 6 N–H and O–H groups in total. The van der Waals surface area contributed by atoms with Gasteiger partial charge in [0.15, 0.2) is 0 Å². The van der Waals surface area contributed by atoms with Gasteiger partial charge in [-0.15, -0.1) is 0 Å². The Kier molecular flexibility index (Phi) is 15.4. The summed E-state index contributed by atoms with van der Waals surface area (Å²) in [5.41, 5.74) is 6.42. The van der Waals surface area contributed by atoms with Crippen molar-refractivity contribution in [3.05, 3.63) is 36.2 Å². The van der Waals surface area contributed by atoms with E-state index in [2.05, 4.69) is 49.3 Å². The zero-order valence-electron chi connectivity index (χ0n) is 24.6. The predicted molar refractivity (Wildman–Crippen MR) is 156 cm³/mol. The monoisotopic (exact) mass is 533 g/mol. The molecule has 4 unspecified atom stereocenters. The Morgan fingerprint density at radius 3 is 2.37 bits per heavy atom. The fourth-order valence-corrected chi connectivity index (χ4v) is 5.01. The predicted octanol–water partition coefficient (Wildman–Crippen LogP) is 5.52. The SMILES string of the molecule is C=C(N)NCCCCNC(=O)CCCC(O)CCC1C(C)C=CC2=C[C@H](C)CCC21.CCC(C)(C)C(=O)O. The number of unbranched alkanes of at least 4 members (excludes halogenated alkanes) is 1. The van der Waals surface area contributed by atoms with Gasteiger partial charge in [0, 0.05) is 19.5 Å². The summed E-state index contributed by atoms with van der Waals surface area (Å²) in [7, 11) is 0. The first-order chi connectivity index (χ1) is 17.9. The second-order valence-electron chi connectivity index (χ2n) is 11.9. The van der Waals surface area contributed by atoms with E-state index >= 15 is 0 Å². The lowest BCUT2D eigenvalue weighted by atomic mass is 9.66. The molecule has 5 atom stereocenters. The highest BCUT2D eigenvalue weighted by Gasteiger charge is 2.33. The molecule has 2 aliphatic rings. The number of aliphatic hydroxyl groups is 1. The fourth-order valence-electron chi connectivity index (χ4n) is 5.01. The second kappa shape index (κ2) is 17.3. The van der Waals surface area contributed by atoms with Crippen molar-refractivity contribution in [1.29, 1.82) is 0 Å². The van der Waals surface area contributed by atoms with Crippen LogP contribution in [0.1, 0.15) is 98.8 Å². The number of aliphatic carboxylic acids is 1. The fraction of sp³-hybridized carbons (Fsp3) is 0.742. The topological polar surface area (TPSA) is 125 Å². The van der Waals surface area contributed by atoms with E-state index in [4.69, 9.17) is 10.8 Å².